The van der Waals surface area contributed by atoms with Gasteiger partial charge in [-0.3, -0.25) is 14.9 Å². The van der Waals surface area contributed by atoms with Gasteiger partial charge in [0.1, 0.15) is 0 Å². The number of non-ortho nitro benzene ring substituents is 1. The fraction of sp³-hybridized carbons (Fsp3) is 0.500. The first-order chi connectivity index (χ1) is 11.2. The number of halogens is 3. The summed E-state index contributed by atoms with van der Waals surface area (Å²) >= 11 is 0. The van der Waals surface area contributed by atoms with E-state index in [1.165, 1.54) is 0 Å². The van der Waals surface area contributed by atoms with Crippen LogP contribution >= 0.6 is 0 Å². The molecule has 2 rings (SSSR count). The molecule has 24 heavy (non-hydrogen) atoms. The van der Waals surface area contributed by atoms with Crippen LogP contribution in [0.25, 0.3) is 0 Å². The average Bonchev–Trinajstić information content (AvgIpc) is 2.52. The SMILES string of the molecule is NC(=O)C1(CNc2ccc([N+](=O)[O-])cc2C(F)(F)F)CCOCC1. The van der Waals surface area contributed by atoms with Gasteiger partial charge in [0.05, 0.1) is 15.9 Å². The largest absolute Gasteiger partial charge is 0.418 e. The standard InChI is InChI=1S/C14H16F3N3O4/c15-14(16,17)10-7-9(20(22)23)1-2-11(10)19-8-13(12(18)21)3-5-24-6-4-13/h1-2,7,19H,3-6,8H2,(H2,18,21). The van der Waals surface area contributed by atoms with E-state index < -0.39 is 33.7 Å². The number of hydrogen-bond donors (Lipinski definition) is 2. The van der Waals surface area contributed by atoms with Gasteiger partial charge in [-0.15, -0.1) is 0 Å². The fourth-order valence-corrected chi connectivity index (χ4v) is 2.57. The Kier molecular flexibility index (Phi) is 4.97. The second-order valence-corrected chi connectivity index (χ2v) is 5.60. The molecule has 0 saturated carbocycles. The number of primary amides is 1. The molecule has 1 heterocycles. The highest BCUT2D eigenvalue weighted by Gasteiger charge is 2.40. The fourth-order valence-electron chi connectivity index (χ4n) is 2.57. The minimum atomic E-state index is -4.77. The van der Waals surface area contributed by atoms with E-state index in [0.717, 1.165) is 12.1 Å². The zero-order valence-corrected chi connectivity index (χ0v) is 12.6. The van der Waals surface area contributed by atoms with Crippen LogP contribution in [0, 0.1) is 15.5 Å². The van der Waals surface area contributed by atoms with Crippen molar-refractivity contribution >= 4 is 17.3 Å². The summed E-state index contributed by atoms with van der Waals surface area (Å²) in [6, 6.07) is 2.41. The van der Waals surface area contributed by atoms with Gasteiger partial charge in [0.25, 0.3) is 5.69 Å². The molecule has 1 aromatic carbocycles. The second kappa shape index (κ2) is 6.63. The van der Waals surface area contributed by atoms with Crippen molar-refractivity contribution in [3.63, 3.8) is 0 Å². The van der Waals surface area contributed by atoms with Crippen LogP contribution in [-0.2, 0) is 15.7 Å². The average molecular weight is 347 g/mol. The molecule has 1 saturated heterocycles. The molecule has 1 aliphatic heterocycles. The Hall–Kier alpha value is -2.36. The van der Waals surface area contributed by atoms with Gasteiger partial charge in [-0.25, -0.2) is 0 Å². The summed E-state index contributed by atoms with van der Waals surface area (Å²) < 4.78 is 44.6. The maximum absolute atomic E-state index is 13.1. The molecule has 10 heteroatoms. The maximum Gasteiger partial charge on any atom is 0.418 e. The van der Waals surface area contributed by atoms with Gasteiger partial charge in [-0.2, -0.15) is 13.2 Å². The highest BCUT2D eigenvalue weighted by Crippen LogP contribution is 2.38. The Morgan fingerprint density at radius 2 is 2.00 bits per heavy atom. The topological polar surface area (TPSA) is 107 Å². The van der Waals surface area contributed by atoms with Crippen molar-refractivity contribution in [1.82, 2.24) is 0 Å². The number of amides is 1. The minimum Gasteiger partial charge on any atom is -0.383 e. The van der Waals surface area contributed by atoms with E-state index in [0.29, 0.717) is 18.9 Å². The van der Waals surface area contributed by atoms with Crippen LogP contribution in [-0.4, -0.2) is 30.6 Å². The van der Waals surface area contributed by atoms with E-state index in [2.05, 4.69) is 5.32 Å². The van der Waals surface area contributed by atoms with Gasteiger partial charge in [0, 0.05) is 37.6 Å². The molecule has 0 spiro atoms. The number of nitro groups is 1. The Bertz CT molecular complexity index is 643. The summed E-state index contributed by atoms with van der Waals surface area (Å²) in [4.78, 5) is 21.5. The summed E-state index contributed by atoms with van der Waals surface area (Å²) in [6.07, 6.45) is -4.18. The Balaban J connectivity index is 2.28. The number of carbonyl (C=O) groups is 1. The van der Waals surface area contributed by atoms with Gasteiger partial charge < -0.3 is 15.8 Å². The van der Waals surface area contributed by atoms with Crippen molar-refractivity contribution in [3.8, 4) is 0 Å². The lowest BCUT2D eigenvalue weighted by atomic mass is 9.79. The number of carbonyl (C=O) groups excluding carboxylic acids is 1. The van der Waals surface area contributed by atoms with E-state index in [1.807, 2.05) is 0 Å². The Morgan fingerprint density at radius 1 is 1.38 bits per heavy atom. The zero-order valence-electron chi connectivity index (χ0n) is 12.6. The first-order valence-electron chi connectivity index (χ1n) is 7.13. The molecule has 1 fully saturated rings. The molecule has 0 aliphatic carbocycles. The van der Waals surface area contributed by atoms with Gasteiger partial charge in [-0.1, -0.05) is 0 Å². The molecule has 7 nitrogen and oxygen atoms in total. The summed E-state index contributed by atoms with van der Waals surface area (Å²) in [5, 5.41) is 13.3. The summed E-state index contributed by atoms with van der Waals surface area (Å²) in [6.45, 7) is 0.473. The van der Waals surface area contributed by atoms with Crippen molar-refractivity contribution in [2.24, 2.45) is 11.1 Å². The summed E-state index contributed by atoms with van der Waals surface area (Å²) in [5.41, 5.74) is 2.24. The number of nitro benzene ring substituents is 1. The quantitative estimate of drug-likeness (QED) is 0.628. The molecule has 0 radical (unpaired) electrons. The van der Waals surface area contributed by atoms with Crippen LogP contribution in [0.1, 0.15) is 18.4 Å². The molecule has 0 bridgehead atoms. The molecule has 3 N–H and O–H groups in total. The van der Waals surface area contributed by atoms with Crippen LogP contribution in [0.15, 0.2) is 18.2 Å². The van der Waals surface area contributed by atoms with E-state index in [9.17, 15) is 28.1 Å². The first-order valence-corrected chi connectivity index (χ1v) is 7.13. The third-order valence-corrected chi connectivity index (χ3v) is 4.11. The lowest BCUT2D eigenvalue weighted by Crippen LogP contribution is -2.46. The van der Waals surface area contributed by atoms with E-state index in [1.54, 1.807) is 0 Å². The van der Waals surface area contributed by atoms with E-state index >= 15 is 0 Å². The van der Waals surface area contributed by atoms with Crippen LogP contribution in [0.4, 0.5) is 24.5 Å². The normalized spacial score (nSPS) is 17.3. The highest BCUT2D eigenvalue weighted by atomic mass is 19.4. The third kappa shape index (κ3) is 3.75. The predicted molar refractivity (Wildman–Crippen MR) is 78.3 cm³/mol. The number of nitrogens with zero attached hydrogens (tertiary/aromatic N) is 1. The molecular weight excluding hydrogens is 331 g/mol. The number of ether oxygens (including phenoxy) is 1. The Labute approximate surface area is 135 Å². The minimum absolute atomic E-state index is 0.105. The maximum atomic E-state index is 13.1. The molecular formula is C14H16F3N3O4. The predicted octanol–water partition coefficient (Wildman–Crippen LogP) is 2.31. The lowest BCUT2D eigenvalue weighted by molar-refractivity contribution is -0.385. The van der Waals surface area contributed by atoms with E-state index in [-0.39, 0.29) is 25.4 Å². The van der Waals surface area contributed by atoms with Crippen molar-refractivity contribution < 1.29 is 27.6 Å². The molecule has 1 aromatic rings. The highest BCUT2D eigenvalue weighted by molar-refractivity contribution is 5.81. The van der Waals surface area contributed by atoms with Crippen molar-refractivity contribution in [1.29, 1.82) is 0 Å². The molecule has 132 valence electrons. The van der Waals surface area contributed by atoms with E-state index in [4.69, 9.17) is 10.5 Å². The number of benzene rings is 1. The van der Waals surface area contributed by atoms with Gasteiger partial charge >= 0.3 is 6.18 Å². The lowest BCUT2D eigenvalue weighted by Gasteiger charge is -2.34. The molecule has 0 unspecified atom stereocenters. The number of nitrogens with two attached hydrogens (primary N) is 1. The monoisotopic (exact) mass is 347 g/mol. The number of alkyl halides is 3. The molecule has 0 atom stereocenters. The summed E-state index contributed by atoms with van der Waals surface area (Å²) in [7, 11) is 0. The van der Waals surface area contributed by atoms with Crippen LogP contribution in [0.5, 0.6) is 0 Å². The molecule has 1 amide bonds. The number of rotatable bonds is 5. The first kappa shape index (κ1) is 18.0. The molecule has 1 aliphatic rings. The van der Waals surface area contributed by atoms with Crippen molar-refractivity contribution in [2.45, 2.75) is 19.0 Å². The van der Waals surface area contributed by atoms with Crippen LogP contribution in [0.2, 0.25) is 0 Å². The number of anilines is 1. The van der Waals surface area contributed by atoms with Crippen molar-refractivity contribution in [3.05, 3.63) is 33.9 Å². The molecule has 0 aromatic heterocycles. The van der Waals surface area contributed by atoms with Gasteiger partial charge in [0.15, 0.2) is 0 Å². The zero-order chi connectivity index (χ0) is 18.0. The van der Waals surface area contributed by atoms with Crippen molar-refractivity contribution in [2.75, 3.05) is 25.1 Å². The number of hydrogen-bond acceptors (Lipinski definition) is 5. The van der Waals surface area contributed by atoms with Crippen LogP contribution < -0.4 is 11.1 Å². The third-order valence-electron chi connectivity index (χ3n) is 4.11. The van der Waals surface area contributed by atoms with Crippen LogP contribution in [0.3, 0.4) is 0 Å². The summed E-state index contributed by atoms with van der Waals surface area (Å²) in [5.74, 6) is -0.617. The number of nitrogens with one attached hydrogen (secondary N) is 1. The Morgan fingerprint density at radius 3 is 2.50 bits per heavy atom. The second-order valence-electron chi connectivity index (χ2n) is 5.60. The smallest absolute Gasteiger partial charge is 0.383 e. The van der Waals surface area contributed by atoms with Gasteiger partial charge in [0.2, 0.25) is 5.91 Å². The van der Waals surface area contributed by atoms with Gasteiger partial charge in [-0.05, 0) is 18.9 Å².